The Kier molecular flexibility index (Phi) is 2.06. The molecule has 4 rings (SSSR count). The van der Waals surface area contributed by atoms with E-state index in [0.717, 1.165) is 25.7 Å². The van der Waals surface area contributed by atoms with Crippen LogP contribution in [0.4, 0.5) is 0 Å². The van der Waals surface area contributed by atoms with E-state index in [-0.39, 0.29) is 6.10 Å². The highest BCUT2D eigenvalue weighted by Gasteiger charge is 2.48. The van der Waals surface area contributed by atoms with E-state index < -0.39 is 0 Å². The minimum Gasteiger partial charge on any atom is -0.464 e. The van der Waals surface area contributed by atoms with Crippen molar-refractivity contribution in [3.63, 3.8) is 0 Å². The van der Waals surface area contributed by atoms with Crippen LogP contribution in [0.15, 0.2) is 0 Å². The van der Waals surface area contributed by atoms with Crippen molar-refractivity contribution in [3.05, 3.63) is 0 Å². The summed E-state index contributed by atoms with van der Waals surface area (Å²) in [5, 5.41) is 0. The fraction of sp³-hybridized carbons (Fsp3) is 0.818. The van der Waals surface area contributed by atoms with Gasteiger partial charge in [0, 0.05) is 30.8 Å². The molecule has 0 aromatic carbocycles. The first-order chi connectivity index (χ1) is 7.28. The molecular weight excluding hydrogens is 194 g/mol. The molecule has 4 bridgehead atoms. The van der Waals surface area contributed by atoms with Gasteiger partial charge in [-0.3, -0.25) is 14.5 Å². The van der Waals surface area contributed by atoms with E-state index >= 15 is 0 Å². The van der Waals surface area contributed by atoms with Crippen LogP contribution in [0.2, 0.25) is 0 Å². The highest BCUT2D eigenvalue weighted by molar-refractivity contribution is 5.84. The fourth-order valence-electron chi connectivity index (χ4n) is 3.51. The summed E-state index contributed by atoms with van der Waals surface area (Å²) in [6.45, 7) is 1.19. The molecular formula is C11H15NO3. The van der Waals surface area contributed by atoms with Crippen molar-refractivity contribution < 1.29 is 14.3 Å². The summed E-state index contributed by atoms with van der Waals surface area (Å²) in [7, 11) is 0. The van der Waals surface area contributed by atoms with Crippen LogP contribution in [0.25, 0.3) is 0 Å². The second kappa shape index (κ2) is 3.30. The van der Waals surface area contributed by atoms with Crippen molar-refractivity contribution in [1.82, 2.24) is 4.90 Å². The fourth-order valence-corrected chi connectivity index (χ4v) is 3.51. The van der Waals surface area contributed by atoms with Gasteiger partial charge in [0.1, 0.15) is 11.9 Å². The standard InChI is InChI=1S/C11H15NO3/c13-6-15-10-3-8-1-7-2-9(4-10)12(8)5-11(7)14/h6-10H,1-5H2. The molecule has 0 N–H and O–H groups in total. The molecule has 4 fully saturated rings. The van der Waals surface area contributed by atoms with Gasteiger partial charge in [-0.2, -0.15) is 0 Å². The van der Waals surface area contributed by atoms with Crippen molar-refractivity contribution in [3.8, 4) is 0 Å². The highest BCUT2D eigenvalue weighted by Crippen LogP contribution is 2.41. The smallest absolute Gasteiger partial charge is 0.293 e. The lowest BCUT2D eigenvalue weighted by molar-refractivity contribution is -0.153. The zero-order valence-corrected chi connectivity index (χ0v) is 8.59. The quantitative estimate of drug-likeness (QED) is 0.616. The van der Waals surface area contributed by atoms with Crippen molar-refractivity contribution >= 4 is 12.3 Å². The molecule has 4 nitrogen and oxygen atoms in total. The number of fused-ring (bicyclic) bond motifs is 1. The van der Waals surface area contributed by atoms with Gasteiger partial charge < -0.3 is 4.74 Å². The number of ketones is 1. The molecule has 15 heavy (non-hydrogen) atoms. The van der Waals surface area contributed by atoms with Gasteiger partial charge in [0.15, 0.2) is 0 Å². The number of Topliss-reactive ketones (excluding diaryl/α,β-unsaturated/α-hetero) is 1. The molecule has 0 spiro atoms. The number of piperidine rings is 4. The topological polar surface area (TPSA) is 46.6 Å². The Balaban J connectivity index is 1.76. The summed E-state index contributed by atoms with van der Waals surface area (Å²) in [4.78, 5) is 24.2. The number of carbonyl (C=O) groups excluding carboxylic acids is 2. The molecule has 4 heterocycles. The lowest BCUT2D eigenvalue weighted by Crippen LogP contribution is -2.63. The third kappa shape index (κ3) is 1.39. The predicted octanol–water partition coefficient (Wildman–Crippen LogP) is 0.354. The Labute approximate surface area is 88.6 Å². The van der Waals surface area contributed by atoms with Gasteiger partial charge in [-0.25, -0.2) is 0 Å². The SMILES string of the molecule is O=COC1CC2CC3CC(C1)N2CC3=O. The average Bonchev–Trinajstić information content (AvgIpc) is 2.18. The average molecular weight is 209 g/mol. The number of nitrogens with zero attached hydrogens (tertiary/aromatic N) is 1. The lowest BCUT2D eigenvalue weighted by atomic mass is 9.72. The lowest BCUT2D eigenvalue weighted by Gasteiger charge is -2.54. The molecule has 4 aliphatic heterocycles. The van der Waals surface area contributed by atoms with Crippen molar-refractivity contribution in [2.45, 2.75) is 43.9 Å². The van der Waals surface area contributed by atoms with Gasteiger partial charge >= 0.3 is 0 Å². The van der Waals surface area contributed by atoms with E-state index in [1.54, 1.807) is 0 Å². The van der Waals surface area contributed by atoms with Crippen LogP contribution in [0.3, 0.4) is 0 Å². The first-order valence-electron chi connectivity index (χ1n) is 5.65. The Morgan fingerprint density at radius 3 is 2.40 bits per heavy atom. The van der Waals surface area contributed by atoms with Crippen LogP contribution in [0.5, 0.6) is 0 Å². The van der Waals surface area contributed by atoms with Gasteiger partial charge in [-0.1, -0.05) is 0 Å². The summed E-state index contributed by atoms with van der Waals surface area (Å²) in [6, 6.07) is 0.954. The maximum atomic E-state index is 11.6. The first-order valence-corrected chi connectivity index (χ1v) is 5.65. The van der Waals surface area contributed by atoms with Crippen LogP contribution >= 0.6 is 0 Å². The van der Waals surface area contributed by atoms with Crippen LogP contribution in [0.1, 0.15) is 25.7 Å². The normalized spacial score (nSPS) is 47.7. The zero-order chi connectivity index (χ0) is 10.4. The molecule has 0 radical (unpaired) electrons. The third-order valence-electron chi connectivity index (χ3n) is 4.16. The van der Waals surface area contributed by atoms with Crippen LogP contribution in [0, 0.1) is 5.92 Å². The van der Waals surface area contributed by atoms with E-state index in [2.05, 4.69) is 4.90 Å². The van der Waals surface area contributed by atoms with Gasteiger partial charge in [-0.05, 0) is 12.8 Å². The van der Waals surface area contributed by atoms with Crippen LogP contribution in [-0.2, 0) is 14.3 Å². The highest BCUT2D eigenvalue weighted by atomic mass is 16.5. The molecule has 82 valence electrons. The van der Waals surface area contributed by atoms with Crippen LogP contribution in [-0.4, -0.2) is 41.9 Å². The number of carbonyl (C=O) groups is 2. The first kappa shape index (κ1) is 9.33. The Morgan fingerprint density at radius 2 is 1.87 bits per heavy atom. The summed E-state index contributed by atoms with van der Waals surface area (Å²) >= 11 is 0. The maximum Gasteiger partial charge on any atom is 0.293 e. The zero-order valence-electron chi connectivity index (χ0n) is 8.59. The molecule has 0 aliphatic carbocycles. The van der Waals surface area contributed by atoms with E-state index in [1.807, 2.05) is 0 Å². The third-order valence-corrected chi connectivity index (χ3v) is 4.16. The Hall–Kier alpha value is -0.900. The Bertz CT molecular complexity index is 288. The van der Waals surface area contributed by atoms with E-state index in [1.165, 1.54) is 0 Å². The van der Waals surface area contributed by atoms with Crippen molar-refractivity contribution in [1.29, 1.82) is 0 Å². The number of hydrogen-bond donors (Lipinski definition) is 0. The minimum atomic E-state index is 0.0860. The van der Waals surface area contributed by atoms with Crippen LogP contribution < -0.4 is 0 Å². The van der Waals surface area contributed by atoms with Gasteiger partial charge in [0.25, 0.3) is 6.47 Å². The molecule has 2 unspecified atom stereocenters. The summed E-state index contributed by atoms with van der Waals surface area (Å²) in [5.41, 5.74) is 0. The van der Waals surface area contributed by atoms with Crippen molar-refractivity contribution in [2.75, 3.05) is 6.54 Å². The minimum absolute atomic E-state index is 0.0860. The second-order valence-electron chi connectivity index (χ2n) is 4.94. The molecule has 0 saturated carbocycles. The van der Waals surface area contributed by atoms with Gasteiger partial charge in [-0.15, -0.1) is 0 Å². The second-order valence-corrected chi connectivity index (χ2v) is 4.94. The van der Waals surface area contributed by atoms with Crippen molar-refractivity contribution in [2.24, 2.45) is 5.92 Å². The van der Waals surface area contributed by atoms with E-state index in [9.17, 15) is 9.59 Å². The summed E-state index contributed by atoms with van der Waals surface area (Å²) in [5.74, 6) is 0.708. The maximum absolute atomic E-state index is 11.6. The number of rotatable bonds is 2. The largest absolute Gasteiger partial charge is 0.464 e. The monoisotopic (exact) mass is 209 g/mol. The van der Waals surface area contributed by atoms with E-state index in [4.69, 9.17) is 4.74 Å². The molecule has 2 atom stereocenters. The Morgan fingerprint density at radius 1 is 1.20 bits per heavy atom. The summed E-state index contributed by atoms with van der Waals surface area (Å²) in [6.07, 6.45) is 3.88. The van der Waals surface area contributed by atoms with E-state index in [0.29, 0.717) is 36.8 Å². The molecule has 0 aromatic rings. The van der Waals surface area contributed by atoms with Gasteiger partial charge in [0.2, 0.25) is 0 Å². The predicted molar refractivity (Wildman–Crippen MR) is 52.2 cm³/mol. The molecule has 4 aliphatic rings. The summed E-state index contributed by atoms with van der Waals surface area (Å²) < 4.78 is 5.06. The molecule has 0 aromatic heterocycles. The molecule has 4 heteroatoms. The molecule has 0 amide bonds. The molecule has 4 saturated heterocycles. The van der Waals surface area contributed by atoms with Gasteiger partial charge in [0.05, 0.1) is 6.54 Å². The number of ether oxygens (including phenoxy) is 1. The number of hydrogen-bond acceptors (Lipinski definition) is 4.